The van der Waals surface area contributed by atoms with Crippen LogP contribution < -0.4 is 15.5 Å². The number of carbonyl (C=O) groups is 1. The van der Waals surface area contributed by atoms with E-state index in [1.807, 2.05) is 0 Å². The summed E-state index contributed by atoms with van der Waals surface area (Å²) in [7, 11) is 0. The van der Waals surface area contributed by atoms with Crippen LogP contribution in [0.2, 0.25) is 0 Å². The number of carbonyl (C=O) groups excluding carboxylic acids is 1. The molecule has 5 aromatic rings. The minimum atomic E-state index is -0.107. The van der Waals surface area contributed by atoms with Gasteiger partial charge in [-0.15, -0.1) is 0 Å². The van der Waals surface area contributed by atoms with Crippen molar-refractivity contribution in [1.29, 1.82) is 0 Å². The number of nitrogens with one attached hydrogen (secondary N) is 4. The van der Waals surface area contributed by atoms with Gasteiger partial charge in [-0.05, 0) is 66.9 Å². The first kappa shape index (κ1) is 27.1. The zero-order valence-corrected chi connectivity index (χ0v) is 24.0. The number of benzene rings is 2. The summed E-state index contributed by atoms with van der Waals surface area (Å²) < 4.78 is 5.51. The molecule has 11 nitrogen and oxygen atoms in total. The van der Waals surface area contributed by atoms with Crippen LogP contribution in [-0.2, 0) is 16.1 Å². The summed E-state index contributed by atoms with van der Waals surface area (Å²) in [6.07, 6.45) is 5.01. The number of hydrogen-bond acceptors (Lipinski definition) is 8. The van der Waals surface area contributed by atoms with Crippen LogP contribution in [0.5, 0.6) is 0 Å². The van der Waals surface area contributed by atoms with Crippen LogP contribution in [0.15, 0.2) is 67.5 Å². The average molecular weight is 578 g/mol. The molecule has 43 heavy (non-hydrogen) atoms. The zero-order valence-electron chi connectivity index (χ0n) is 24.0. The molecule has 2 aliphatic heterocycles. The molecule has 1 amide bonds. The molecule has 0 unspecified atom stereocenters. The molecule has 0 spiro atoms. The van der Waals surface area contributed by atoms with Crippen molar-refractivity contribution >= 4 is 45.2 Å². The minimum absolute atomic E-state index is 0.107. The summed E-state index contributed by atoms with van der Waals surface area (Å²) in [4.78, 5) is 28.9. The number of morpholine rings is 1. The van der Waals surface area contributed by atoms with Crippen molar-refractivity contribution in [3.05, 3.63) is 73.1 Å². The highest BCUT2D eigenvalue weighted by Crippen LogP contribution is 2.31. The van der Waals surface area contributed by atoms with Gasteiger partial charge in [-0.1, -0.05) is 24.8 Å². The Morgan fingerprint density at radius 3 is 2.77 bits per heavy atom. The van der Waals surface area contributed by atoms with Gasteiger partial charge in [0.25, 0.3) is 0 Å². The third-order valence-corrected chi connectivity index (χ3v) is 8.24. The normalized spacial score (nSPS) is 17.8. The van der Waals surface area contributed by atoms with Crippen molar-refractivity contribution in [3.63, 3.8) is 0 Å². The highest BCUT2D eigenvalue weighted by atomic mass is 16.5. The number of aromatic amines is 2. The molecule has 2 saturated heterocycles. The monoisotopic (exact) mass is 577 g/mol. The number of amides is 1. The molecule has 3 aromatic heterocycles. The van der Waals surface area contributed by atoms with E-state index >= 15 is 0 Å². The van der Waals surface area contributed by atoms with E-state index in [9.17, 15) is 4.79 Å². The topological polar surface area (TPSA) is 127 Å². The van der Waals surface area contributed by atoms with Crippen LogP contribution in [0.3, 0.4) is 0 Å². The van der Waals surface area contributed by atoms with Crippen molar-refractivity contribution < 1.29 is 9.53 Å². The van der Waals surface area contributed by atoms with E-state index in [-0.39, 0.29) is 11.9 Å². The molecule has 0 bridgehead atoms. The van der Waals surface area contributed by atoms with E-state index in [0.29, 0.717) is 13.2 Å². The molecule has 2 fully saturated rings. The molecule has 220 valence electrons. The molecule has 0 radical (unpaired) electrons. The van der Waals surface area contributed by atoms with Crippen molar-refractivity contribution in [3.8, 4) is 11.3 Å². The van der Waals surface area contributed by atoms with Crippen LogP contribution in [0.4, 0.5) is 17.3 Å². The van der Waals surface area contributed by atoms with Gasteiger partial charge in [-0.2, -0.15) is 5.10 Å². The third-order valence-electron chi connectivity index (χ3n) is 8.24. The quantitative estimate of drug-likeness (QED) is 0.201. The van der Waals surface area contributed by atoms with Gasteiger partial charge in [0.2, 0.25) is 5.91 Å². The van der Waals surface area contributed by atoms with E-state index in [2.05, 4.69) is 101 Å². The second-order valence-corrected chi connectivity index (χ2v) is 11.2. The Kier molecular flexibility index (Phi) is 7.48. The molecule has 2 aromatic carbocycles. The van der Waals surface area contributed by atoms with Crippen molar-refractivity contribution in [2.75, 3.05) is 49.6 Å². The molecule has 5 heterocycles. The fourth-order valence-electron chi connectivity index (χ4n) is 6.07. The fraction of sp³-hybridized carbons (Fsp3) is 0.312. The highest BCUT2D eigenvalue weighted by molar-refractivity contribution is 5.93. The zero-order chi connectivity index (χ0) is 29.2. The maximum atomic E-state index is 11.8. The van der Waals surface area contributed by atoms with E-state index in [1.165, 1.54) is 11.6 Å². The largest absolute Gasteiger partial charge is 0.378 e. The molecule has 1 atom stereocenters. The summed E-state index contributed by atoms with van der Waals surface area (Å²) in [6.45, 7) is 9.29. The Hall–Kier alpha value is -4.74. The van der Waals surface area contributed by atoms with Crippen LogP contribution in [0.25, 0.3) is 33.2 Å². The molecule has 0 saturated carbocycles. The number of piperidine rings is 1. The summed E-state index contributed by atoms with van der Waals surface area (Å²) in [5, 5.41) is 16.3. The Labute approximate surface area is 249 Å². The second-order valence-electron chi connectivity index (χ2n) is 11.2. The van der Waals surface area contributed by atoms with Gasteiger partial charge in [-0.3, -0.25) is 14.8 Å². The van der Waals surface area contributed by atoms with Gasteiger partial charge in [0.15, 0.2) is 5.82 Å². The van der Waals surface area contributed by atoms with E-state index in [1.54, 1.807) is 6.33 Å². The molecule has 2 aliphatic rings. The Morgan fingerprint density at radius 1 is 1.07 bits per heavy atom. The van der Waals surface area contributed by atoms with Crippen LogP contribution in [0.1, 0.15) is 18.4 Å². The minimum Gasteiger partial charge on any atom is -0.378 e. The summed E-state index contributed by atoms with van der Waals surface area (Å²) in [6, 6.07) is 17.0. The van der Waals surface area contributed by atoms with Crippen molar-refractivity contribution in [2.45, 2.75) is 25.4 Å². The smallest absolute Gasteiger partial charge is 0.243 e. The molecular weight excluding hydrogens is 542 g/mol. The number of rotatable bonds is 8. The summed E-state index contributed by atoms with van der Waals surface area (Å²) in [5.41, 5.74) is 6.03. The number of aromatic nitrogens is 5. The molecule has 11 heteroatoms. The fourth-order valence-corrected chi connectivity index (χ4v) is 6.07. The average Bonchev–Trinajstić information content (AvgIpc) is 3.66. The van der Waals surface area contributed by atoms with Crippen molar-refractivity contribution in [1.82, 2.24) is 35.4 Å². The maximum absolute atomic E-state index is 11.8. The van der Waals surface area contributed by atoms with Gasteiger partial charge < -0.3 is 25.3 Å². The van der Waals surface area contributed by atoms with E-state index in [0.717, 1.165) is 96.1 Å². The maximum Gasteiger partial charge on any atom is 0.243 e. The number of fused-ring (bicyclic) bond motifs is 2. The third kappa shape index (κ3) is 5.81. The predicted molar refractivity (Wildman–Crippen MR) is 168 cm³/mol. The summed E-state index contributed by atoms with van der Waals surface area (Å²) >= 11 is 0. The van der Waals surface area contributed by atoms with Crippen LogP contribution in [-0.4, -0.2) is 81.4 Å². The lowest BCUT2D eigenvalue weighted by molar-refractivity contribution is -0.117. The number of ether oxygens (including phenoxy) is 1. The summed E-state index contributed by atoms with van der Waals surface area (Å²) in [5.74, 6) is 1.62. The molecule has 7 rings (SSSR count). The first-order chi connectivity index (χ1) is 21.1. The Balaban J connectivity index is 1.05. The van der Waals surface area contributed by atoms with E-state index in [4.69, 9.17) is 4.74 Å². The van der Waals surface area contributed by atoms with Gasteiger partial charge >= 0.3 is 0 Å². The highest BCUT2D eigenvalue weighted by Gasteiger charge is 2.21. The second kappa shape index (κ2) is 11.9. The SMILES string of the molecule is C=CC(=O)N[C@@H]1CCCN(Cc2ccc3[nH]nc(Nc4ccc(-c5cc6c(N7CCOCC7)ncnc6[nH]5)cc4)c3c2)C1. The molecule has 0 aliphatic carbocycles. The first-order valence-electron chi connectivity index (χ1n) is 14.8. The number of hydrogen-bond donors (Lipinski definition) is 4. The number of likely N-dealkylation sites (tertiary alicyclic amines) is 1. The van der Waals surface area contributed by atoms with Gasteiger partial charge in [-0.25, -0.2) is 9.97 Å². The number of H-pyrrole nitrogens is 2. The standard InChI is InChI=1S/C32H35N9O2/c1-2-29(42)35-24-4-3-11-40(19-24)18-21-5-10-27-25(16-21)31(39-38-27)36-23-8-6-22(7-9-23)28-17-26-30(37-28)33-20-34-32(26)41-12-14-43-15-13-41/h2,5-10,16-17,20,24H,1,3-4,11-15,18-19H2,(H,35,42)(H,33,34,37)(H2,36,38,39)/t24-/m1/s1. The lowest BCUT2D eigenvalue weighted by atomic mass is 10.0. The van der Waals surface area contributed by atoms with Crippen LogP contribution >= 0.6 is 0 Å². The predicted octanol–water partition coefficient (Wildman–Crippen LogP) is 4.35. The first-order valence-corrected chi connectivity index (χ1v) is 14.8. The molecule has 4 N–H and O–H groups in total. The van der Waals surface area contributed by atoms with Gasteiger partial charge in [0.05, 0.1) is 24.1 Å². The lowest BCUT2D eigenvalue weighted by Crippen LogP contribution is -2.46. The lowest BCUT2D eigenvalue weighted by Gasteiger charge is -2.33. The van der Waals surface area contributed by atoms with E-state index < -0.39 is 0 Å². The Morgan fingerprint density at radius 2 is 1.93 bits per heavy atom. The van der Waals surface area contributed by atoms with Gasteiger partial charge in [0, 0.05) is 49.0 Å². The van der Waals surface area contributed by atoms with Crippen molar-refractivity contribution in [2.24, 2.45) is 0 Å². The number of anilines is 3. The molecular formula is C32H35N9O2. The van der Waals surface area contributed by atoms with Gasteiger partial charge in [0.1, 0.15) is 17.8 Å². The number of nitrogens with zero attached hydrogens (tertiary/aromatic N) is 5. The Bertz CT molecular complexity index is 1750. The van der Waals surface area contributed by atoms with Crippen LogP contribution in [0, 0.1) is 0 Å².